The van der Waals surface area contributed by atoms with Gasteiger partial charge in [0.05, 0.1) is 30.9 Å². The van der Waals surface area contributed by atoms with Crippen molar-refractivity contribution in [2.75, 3.05) is 57.4 Å². The van der Waals surface area contributed by atoms with E-state index in [0.717, 1.165) is 81.8 Å². The second-order valence-corrected chi connectivity index (χ2v) is 24.0. The first-order valence-electron chi connectivity index (χ1n) is 26.3. The number of aliphatic hydroxyl groups is 1. The Hall–Kier alpha value is -6.28. The van der Waals surface area contributed by atoms with Crippen molar-refractivity contribution in [3.63, 3.8) is 0 Å². The Kier molecular flexibility index (Phi) is 17.1. The highest BCUT2D eigenvalue weighted by molar-refractivity contribution is 7.15. The van der Waals surface area contributed by atoms with Gasteiger partial charge in [0.1, 0.15) is 35.6 Å². The van der Waals surface area contributed by atoms with Gasteiger partial charge in [-0.15, -0.1) is 32.9 Å². The highest BCUT2D eigenvalue weighted by atomic mass is 35.5. The fourth-order valence-electron chi connectivity index (χ4n) is 10.3. The van der Waals surface area contributed by atoms with Gasteiger partial charge in [-0.25, -0.2) is 0 Å². The molecule has 4 amide bonds. The number of hydrogen-bond donors (Lipinski definition) is 4. The zero-order chi connectivity index (χ0) is 54.7. The van der Waals surface area contributed by atoms with Crippen molar-refractivity contribution in [3.05, 3.63) is 139 Å². The summed E-state index contributed by atoms with van der Waals surface area (Å²) >= 11 is 9.65. The van der Waals surface area contributed by atoms with Crippen LogP contribution in [0.5, 0.6) is 0 Å². The number of thiophene rings is 2. The van der Waals surface area contributed by atoms with Crippen LogP contribution in [0.25, 0.3) is 15.4 Å². The van der Waals surface area contributed by atoms with Gasteiger partial charge in [0.25, 0.3) is 0 Å². The molecule has 0 unspecified atom stereocenters. The van der Waals surface area contributed by atoms with Gasteiger partial charge < -0.3 is 35.6 Å². The van der Waals surface area contributed by atoms with Crippen LogP contribution < -0.4 is 20.9 Å². The second-order valence-electron chi connectivity index (χ2n) is 21.5. The van der Waals surface area contributed by atoms with E-state index in [2.05, 4.69) is 97.0 Å². The number of ether oxygens (including phenoxy) is 1. The van der Waals surface area contributed by atoms with Gasteiger partial charge >= 0.3 is 0 Å². The van der Waals surface area contributed by atoms with E-state index in [1.165, 1.54) is 20.2 Å². The fraction of sp³-hybridized carbons (Fsp3) is 0.431. The predicted molar refractivity (Wildman–Crippen MR) is 304 cm³/mol. The van der Waals surface area contributed by atoms with Crippen molar-refractivity contribution < 1.29 is 29.0 Å². The zero-order valence-electron chi connectivity index (χ0n) is 45.1. The van der Waals surface area contributed by atoms with Gasteiger partial charge in [-0.2, -0.15) is 0 Å². The molecule has 3 aromatic carbocycles. The molecule has 0 bridgehead atoms. The van der Waals surface area contributed by atoms with Crippen molar-refractivity contribution in [1.29, 1.82) is 0 Å². The molecule has 0 radical (unpaired) electrons. The Balaban J connectivity index is 0.718. The molecular weight excluding hydrogens is 1030 g/mol. The van der Waals surface area contributed by atoms with Crippen molar-refractivity contribution in [1.82, 2.24) is 40.5 Å². The smallest absolute Gasteiger partial charge is 0.246 e. The lowest BCUT2D eigenvalue weighted by Gasteiger charge is -2.36. The molecule has 6 heterocycles. The molecule has 6 aromatic rings. The van der Waals surface area contributed by atoms with Crippen LogP contribution in [0.1, 0.15) is 103 Å². The fourth-order valence-corrected chi connectivity index (χ4v) is 12.6. The summed E-state index contributed by atoms with van der Waals surface area (Å²) in [6, 6.07) is 23.5. The van der Waals surface area contributed by atoms with E-state index < -0.39 is 41.5 Å². The number of carbonyl (C=O) groups is 4. The SMILES string of the molecule is Cc1ccsc1-c1ccc(CNC(=O)[C@@H]2C[C@@H](O)CN2C(=O)[C@@H](NC(=O)COCCN2CCN(c3ccc([C@@H](C)NC(=O)C[C@@H]4N=C(c5ccc(Cl)cc5)c5c(sc(C)c5C)-n5c(C)nnc54)cc3)CC2)C(C)(C)C)cc1. The Morgan fingerprint density at radius 2 is 1.57 bits per heavy atom. The predicted octanol–water partition coefficient (Wildman–Crippen LogP) is 8.05. The lowest BCUT2D eigenvalue weighted by molar-refractivity contribution is -0.144. The van der Waals surface area contributed by atoms with Gasteiger partial charge in [-0.1, -0.05) is 80.9 Å². The third-order valence-electron chi connectivity index (χ3n) is 14.9. The summed E-state index contributed by atoms with van der Waals surface area (Å²) < 4.78 is 7.89. The number of nitrogens with zero attached hydrogens (tertiary/aromatic N) is 7. The van der Waals surface area contributed by atoms with Crippen LogP contribution in [-0.4, -0.2) is 130 Å². The maximum atomic E-state index is 14.1. The monoisotopic (exact) mass is 1100 g/mol. The number of aromatic nitrogens is 3. The summed E-state index contributed by atoms with van der Waals surface area (Å²) in [5, 5.41) is 32.4. The number of aryl methyl sites for hydroxylation is 3. The van der Waals surface area contributed by atoms with E-state index in [4.69, 9.17) is 21.3 Å². The summed E-state index contributed by atoms with van der Waals surface area (Å²) in [6.07, 6.45) is -0.660. The Morgan fingerprint density at radius 1 is 0.870 bits per heavy atom. The van der Waals surface area contributed by atoms with E-state index in [1.54, 1.807) is 22.7 Å². The molecule has 2 fully saturated rings. The number of amides is 4. The molecule has 2 saturated heterocycles. The number of rotatable bonds is 17. The highest BCUT2D eigenvalue weighted by Crippen LogP contribution is 2.40. The average molecular weight is 1100 g/mol. The minimum atomic E-state index is -0.947. The van der Waals surface area contributed by atoms with Gasteiger partial charge in [0, 0.05) is 83.8 Å². The second kappa shape index (κ2) is 23.8. The molecule has 0 saturated carbocycles. The van der Waals surface area contributed by atoms with Crippen LogP contribution in [0.4, 0.5) is 5.69 Å². The molecule has 3 aliphatic rings. The highest BCUT2D eigenvalue weighted by Gasteiger charge is 2.44. The summed E-state index contributed by atoms with van der Waals surface area (Å²) in [4.78, 5) is 68.5. The number of β-amino-alcohol motifs (C(OH)–C–C–N with tert-alkyl or cyclic N) is 1. The number of carbonyl (C=O) groups excluding carboxylic acids is 4. The molecule has 406 valence electrons. The van der Waals surface area contributed by atoms with Crippen molar-refractivity contribution in [2.24, 2.45) is 10.4 Å². The van der Waals surface area contributed by atoms with Gasteiger partial charge in [0.15, 0.2) is 5.82 Å². The van der Waals surface area contributed by atoms with Crippen LogP contribution in [0, 0.1) is 33.1 Å². The molecule has 16 nitrogen and oxygen atoms in total. The minimum absolute atomic E-state index is 0.00179. The summed E-state index contributed by atoms with van der Waals surface area (Å²) in [5.41, 5.74) is 8.52. The number of aliphatic hydroxyl groups excluding tert-OH is 1. The number of benzene rings is 3. The molecule has 19 heteroatoms. The molecule has 3 aromatic heterocycles. The quantitative estimate of drug-likeness (QED) is 0.0652. The molecular formula is C58H69ClN10O6S2. The number of nitrogens with one attached hydrogen (secondary N) is 3. The van der Waals surface area contributed by atoms with E-state index in [-0.39, 0.29) is 50.4 Å². The van der Waals surface area contributed by atoms with E-state index in [9.17, 15) is 24.3 Å². The van der Waals surface area contributed by atoms with Gasteiger partial charge in [-0.05, 0) is 104 Å². The Morgan fingerprint density at radius 3 is 2.25 bits per heavy atom. The maximum Gasteiger partial charge on any atom is 0.246 e. The summed E-state index contributed by atoms with van der Waals surface area (Å²) in [7, 11) is 0. The Bertz CT molecular complexity index is 3120. The van der Waals surface area contributed by atoms with Crippen LogP contribution in [-0.2, 0) is 30.5 Å². The van der Waals surface area contributed by atoms with Crippen molar-refractivity contribution in [2.45, 2.75) is 105 Å². The standard InChI is InChI=1S/C58H69ClN10O6S2/c1-34-21-28-76-52(34)42-11-9-39(10-12-42)31-60-55(73)47-29-45(70)32-68(47)56(74)53(58(6,7)8)63-49(72)33-75-27-26-66-22-24-67(25-23-66)44-19-15-40(16-20-44)36(3)61-48(71)30-46-54-65-64-38(5)69(54)57-50(35(2)37(4)77-57)51(62-46)41-13-17-43(59)18-14-41/h9-21,28,36,45-47,53,70H,22-27,29-33H2,1-8H3,(H,60,73)(H,61,71)(H,63,72)/t36-,45-,46+,47+,53-/m1/s1. The maximum absolute atomic E-state index is 14.1. The molecule has 5 atom stereocenters. The van der Waals surface area contributed by atoms with Crippen LogP contribution in [0.15, 0.2) is 89.2 Å². The first kappa shape index (κ1) is 55.5. The molecule has 77 heavy (non-hydrogen) atoms. The van der Waals surface area contributed by atoms with Gasteiger partial charge in [-0.3, -0.25) is 33.6 Å². The van der Waals surface area contributed by atoms with E-state index >= 15 is 0 Å². The topological polar surface area (TPSA) is 187 Å². The zero-order valence-corrected chi connectivity index (χ0v) is 47.5. The molecule has 9 rings (SSSR count). The lowest BCUT2D eigenvalue weighted by atomic mass is 9.85. The first-order chi connectivity index (χ1) is 36.8. The molecule has 0 aliphatic carbocycles. The number of likely N-dealkylation sites (tertiary alicyclic amines) is 1. The number of hydrogen-bond acceptors (Lipinski definition) is 13. The van der Waals surface area contributed by atoms with Crippen molar-refractivity contribution in [3.8, 4) is 15.4 Å². The normalized spacial score (nSPS) is 18.5. The third-order valence-corrected chi connectivity index (χ3v) is 17.4. The summed E-state index contributed by atoms with van der Waals surface area (Å²) in [5.74, 6) is 0.0321. The number of anilines is 1. The average Bonchev–Trinajstić information content (AvgIpc) is 4.31. The Labute approximate surface area is 463 Å². The summed E-state index contributed by atoms with van der Waals surface area (Å²) in [6.45, 7) is 20.1. The van der Waals surface area contributed by atoms with E-state index in [0.29, 0.717) is 24.0 Å². The minimum Gasteiger partial charge on any atom is -0.391 e. The molecule has 0 spiro atoms. The lowest BCUT2D eigenvalue weighted by Crippen LogP contribution is -2.58. The van der Waals surface area contributed by atoms with E-state index in [1.807, 2.05) is 83.1 Å². The van der Waals surface area contributed by atoms with Gasteiger partial charge in [0.2, 0.25) is 23.6 Å². The first-order valence-corrected chi connectivity index (χ1v) is 28.4. The number of aliphatic imine (C=N–C) groups is 1. The van der Waals surface area contributed by atoms with Crippen LogP contribution >= 0.6 is 34.3 Å². The number of fused-ring (bicyclic) bond motifs is 3. The molecule has 4 N–H and O–H groups in total. The number of piperazine rings is 1. The largest absolute Gasteiger partial charge is 0.391 e. The molecule has 3 aliphatic heterocycles. The van der Waals surface area contributed by atoms with Crippen molar-refractivity contribution >= 4 is 69.3 Å². The van der Waals surface area contributed by atoms with Crippen LogP contribution in [0.3, 0.4) is 0 Å². The third kappa shape index (κ3) is 12.7. The van der Waals surface area contributed by atoms with Crippen LogP contribution in [0.2, 0.25) is 5.02 Å². The number of halogens is 1.